The molecule has 1 fully saturated rings. The zero-order chi connectivity index (χ0) is 14.8. The molecule has 1 atom stereocenters. The molecule has 1 aliphatic heterocycles. The van der Waals surface area contributed by atoms with Gasteiger partial charge in [0.15, 0.2) is 0 Å². The van der Waals surface area contributed by atoms with E-state index in [2.05, 4.69) is 54.3 Å². The van der Waals surface area contributed by atoms with Crippen LogP contribution in [0.2, 0.25) is 0 Å². The SMILES string of the molecule is CCCCCCC(/C=C/c1ccccc1)N1CCOCC1. The molecule has 2 heteroatoms. The van der Waals surface area contributed by atoms with Gasteiger partial charge < -0.3 is 4.74 Å². The van der Waals surface area contributed by atoms with Crippen LogP contribution in [0.3, 0.4) is 0 Å². The predicted octanol–water partition coefficient (Wildman–Crippen LogP) is 4.37. The van der Waals surface area contributed by atoms with Crippen LogP contribution in [-0.4, -0.2) is 37.2 Å². The van der Waals surface area contributed by atoms with Crippen molar-refractivity contribution in [2.75, 3.05) is 26.3 Å². The first-order chi connectivity index (χ1) is 10.4. The van der Waals surface area contributed by atoms with E-state index in [-0.39, 0.29) is 0 Å². The molecule has 0 spiro atoms. The van der Waals surface area contributed by atoms with E-state index in [0.29, 0.717) is 6.04 Å². The van der Waals surface area contributed by atoms with Crippen LogP contribution >= 0.6 is 0 Å². The maximum atomic E-state index is 5.49. The molecule has 1 saturated heterocycles. The van der Waals surface area contributed by atoms with Crippen LogP contribution in [0.5, 0.6) is 0 Å². The van der Waals surface area contributed by atoms with Crippen molar-refractivity contribution in [3.8, 4) is 0 Å². The molecule has 21 heavy (non-hydrogen) atoms. The van der Waals surface area contributed by atoms with Gasteiger partial charge in [-0.3, -0.25) is 4.90 Å². The highest BCUT2D eigenvalue weighted by Gasteiger charge is 2.18. The lowest BCUT2D eigenvalue weighted by Gasteiger charge is -2.33. The number of rotatable bonds is 8. The zero-order valence-corrected chi connectivity index (χ0v) is 13.3. The topological polar surface area (TPSA) is 12.5 Å². The van der Waals surface area contributed by atoms with Crippen LogP contribution < -0.4 is 0 Å². The fourth-order valence-corrected chi connectivity index (χ4v) is 2.88. The summed E-state index contributed by atoms with van der Waals surface area (Å²) in [6.07, 6.45) is 11.3. The third-order valence-corrected chi connectivity index (χ3v) is 4.18. The molecule has 116 valence electrons. The van der Waals surface area contributed by atoms with Gasteiger partial charge >= 0.3 is 0 Å². The Labute approximate surface area is 129 Å². The van der Waals surface area contributed by atoms with E-state index < -0.39 is 0 Å². The van der Waals surface area contributed by atoms with Crippen LogP contribution in [-0.2, 0) is 4.74 Å². The summed E-state index contributed by atoms with van der Waals surface area (Å²) in [5, 5.41) is 0. The minimum atomic E-state index is 0.561. The highest BCUT2D eigenvalue weighted by molar-refractivity contribution is 5.49. The van der Waals surface area contributed by atoms with Crippen molar-refractivity contribution in [3.63, 3.8) is 0 Å². The van der Waals surface area contributed by atoms with Gasteiger partial charge in [0.25, 0.3) is 0 Å². The molecular weight excluding hydrogens is 258 g/mol. The molecule has 0 radical (unpaired) electrons. The Morgan fingerprint density at radius 2 is 1.86 bits per heavy atom. The first kappa shape index (κ1) is 16.3. The Morgan fingerprint density at radius 1 is 1.10 bits per heavy atom. The van der Waals surface area contributed by atoms with E-state index in [1.807, 2.05) is 0 Å². The number of nitrogens with zero attached hydrogens (tertiary/aromatic N) is 1. The number of hydrogen-bond donors (Lipinski definition) is 0. The minimum Gasteiger partial charge on any atom is -0.379 e. The van der Waals surface area contributed by atoms with E-state index in [0.717, 1.165) is 26.3 Å². The van der Waals surface area contributed by atoms with E-state index in [1.165, 1.54) is 37.7 Å². The fraction of sp³-hybridized carbons (Fsp3) is 0.579. The van der Waals surface area contributed by atoms with Crippen molar-refractivity contribution in [2.45, 2.75) is 45.1 Å². The molecule has 0 amide bonds. The number of hydrogen-bond acceptors (Lipinski definition) is 2. The van der Waals surface area contributed by atoms with Crippen LogP contribution in [0.25, 0.3) is 6.08 Å². The minimum absolute atomic E-state index is 0.561. The van der Waals surface area contributed by atoms with E-state index >= 15 is 0 Å². The molecule has 1 heterocycles. The number of benzene rings is 1. The lowest BCUT2D eigenvalue weighted by atomic mass is 10.0. The molecule has 1 aromatic carbocycles. The van der Waals surface area contributed by atoms with Crippen molar-refractivity contribution in [3.05, 3.63) is 42.0 Å². The lowest BCUT2D eigenvalue weighted by Crippen LogP contribution is -2.42. The van der Waals surface area contributed by atoms with Gasteiger partial charge in [-0.25, -0.2) is 0 Å². The second-order valence-electron chi connectivity index (χ2n) is 5.83. The summed E-state index contributed by atoms with van der Waals surface area (Å²) >= 11 is 0. The van der Waals surface area contributed by atoms with Gasteiger partial charge in [0.1, 0.15) is 0 Å². The van der Waals surface area contributed by atoms with Crippen molar-refractivity contribution in [1.82, 2.24) is 4.90 Å². The Bertz CT molecular complexity index is 395. The molecule has 0 N–H and O–H groups in total. The standard InChI is InChI=1S/C19H29NO/c1-2-3-4-8-11-19(20-14-16-21-17-15-20)13-12-18-9-6-5-7-10-18/h5-7,9-10,12-13,19H,2-4,8,11,14-17H2,1H3/b13-12+. The second-order valence-corrected chi connectivity index (χ2v) is 5.83. The predicted molar refractivity (Wildman–Crippen MR) is 90.4 cm³/mol. The Kier molecular flexibility index (Phi) is 7.55. The summed E-state index contributed by atoms with van der Waals surface area (Å²) in [7, 11) is 0. The molecule has 1 aromatic rings. The Morgan fingerprint density at radius 3 is 2.57 bits per heavy atom. The number of unbranched alkanes of at least 4 members (excludes halogenated alkanes) is 3. The van der Waals surface area contributed by atoms with Crippen LogP contribution in [0.4, 0.5) is 0 Å². The summed E-state index contributed by atoms with van der Waals surface area (Å²) < 4.78 is 5.49. The molecule has 2 nitrogen and oxygen atoms in total. The monoisotopic (exact) mass is 287 g/mol. The number of morpholine rings is 1. The normalized spacial score (nSPS) is 18.1. The van der Waals surface area contributed by atoms with Crippen LogP contribution in [0.1, 0.15) is 44.6 Å². The fourth-order valence-electron chi connectivity index (χ4n) is 2.88. The summed E-state index contributed by atoms with van der Waals surface area (Å²) in [6, 6.07) is 11.2. The third kappa shape index (κ3) is 6.03. The summed E-state index contributed by atoms with van der Waals surface area (Å²) in [5.41, 5.74) is 1.30. The maximum Gasteiger partial charge on any atom is 0.0594 e. The molecule has 0 bridgehead atoms. The highest BCUT2D eigenvalue weighted by atomic mass is 16.5. The smallest absolute Gasteiger partial charge is 0.0594 e. The van der Waals surface area contributed by atoms with Gasteiger partial charge in [0.05, 0.1) is 13.2 Å². The molecule has 0 saturated carbocycles. The third-order valence-electron chi connectivity index (χ3n) is 4.18. The van der Waals surface area contributed by atoms with E-state index in [9.17, 15) is 0 Å². The first-order valence-corrected chi connectivity index (χ1v) is 8.45. The Hall–Kier alpha value is -1.12. The van der Waals surface area contributed by atoms with Gasteiger partial charge in [-0.05, 0) is 12.0 Å². The first-order valence-electron chi connectivity index (χ1n) is 8.45. The molecule has 0 aliphatic carbocycles. The lowest BCUT2D eigenvalue weighted by molar-refractivity contribution is 0.0239. The van der Waals surface area contributed by atoms with Gasteiger partial charge in [0.2, 0.25) is 0 Å². The Balaban J connectivity index is 1.91. The van der Waals surface area contributed by atoms with Crippen LogP contribution in [0, 0.1) is 0 Å². The van der Waals surface area contributed by atoms with Gasteiger partial charge in [0, 0.05) is 19.1 Å². The average Bonchev–Trinajstić information content (AvgIpc) is 2.56. The molecule has 2 rings (SSSR count). The van der Waals surface area contributed by atoms with Crippen molar-refractivity contribution in [2.24, 2.45) is 0 Å². The average molecular weight is 287 g/mol. The van der Waals surface area contributed by atoms with E-state index in [4.69, 9.17) is 4.74 Å². The number of ether oxygens (including phenoxy) is 1. The largest absolute Gasteiger partial charge is 0.379 e. The maximum absolute atomic E-state index is 5.49. The van der Waals surface area contributed by atoms with Crippen molar-refractivity contribution < 1.29 is 4.74 Å². The summed E-state index contributed by atoms with van der Waals surface area (Å²) in [4.78, 5) is 2.58. The van der Waals surface area contributed by atoms with Crippen molar-refractivity contribution >= 4 is 6.08 Å². The summed E-state index contributed by atoms with van der Waals surface area (Å²) in [5.74, 6) is 0. The van der Waals surface area contributed by atoms with Crippen molar-refractivity contribution in [1.29, 1.82) is 0 Å². The second kappa shape index (κ2) is 9.75. The van der Waals surface area contributed by atoms with E-state index in [1.54, 1.807) is 0 Å². The van der Waals surface area contributed by atoms with Gasteiger partial charge in [-0.15, -0.1) is 0 Å². The summed E-state index contributed by atoms with van der Waals surface area (Å²) in [6.45, 7) is 6.17. The zero-order valence-electron chi connectivity index (χ0n) is 13.3. The quantitative estimate of drug-likeness (QED) is 0.658. The van der Waals surface area contributed by atoms with Crippen LogP contribution in [0.15, 0.2) is 36.4 Å². The molecule has 0 aromatic heterocycles. The molecule has 1 aliphatic rings. The highest BCUT2D eigenvalue weighted by Crippen LogP contribution is 2.15. The van der Waals surface area contributed by atoms with Gasteiger partial charge in [-0.2, -0.15) is 0 Å². The molecule has 1 unspecified atom stereocenters. The molecular formula is C19H29NO. The van der Waals surface area contributed by atoms with Gasteiger partial charge in [-0.1, -0.05) is 75.1 Å².